The van der Waals surface area contributed by atoms with Crippen LogP contribution in [0.25, 0.3) is 0 Å². The second-order valence-electron chi connectivity index (χ2n) is 11.1. The van der Waals surface area contributed by atoms with Crippen LogP contribution in [-0.2, 0) is 28.6 Å². The molecule has 5 aliphatic rings. The summed E-state index contributed by atoms with van der Waals surface area (Å²) in [6, 6.07) is 0. The van der Waals surface area contributed by atoms with Crippen molar-refractivity contribution in [3.8, 4) is 0 Å². The smallest absolute Gasteiger partial charge is 0.309 e. The van der Waals surface area contributed by atoms with Gasteiger partial charge in [0.15, 0.2) is 5.78 Å². The minimum absolute atomic E-state index is 0.0731. The van der Waals surface area contributed by atoms with Gasteiger partial charge in [0.2, 0.25) is 0 Å². The SMILES string of the molecule is COC(=O)CC[C@@]1(O)CC[C@H]2[C@@H]3C(C(=O)OC)CC4=CC(=O)CC[C@]4(C)C34OC4C[C@@]21C. The van der Waals surface area contributed by atoms with E-state index in [9.17, 15) is 19.5 Å². The zero-order chi connectivity index (χ0) is 23.1. The first-order chi connectivity index (χ1) is 15.1. The molecular weight excluding hydrogens is 412 g/mol. The third-order valence-electron chi connectivity index (χ3n) is 10.2. The Morgan fingerprint density at radius 1 is 1.22 bits per heavy atom. The molecule has 7 nitrogen and oxygen atoms in total. The number of ether oxygens (including phenoxy) is 3. The molecule has 5 rings (SSSR count). The largest absolute Gasteiger partial charge is 0.469 e. The topological polar surface area (TPSA) is 102 Å². The van der Waals surface area contributed by atoms with Crippen molar-refractivity contribution in [3.63, 3.8) is 0 Å². The maximum Gasteiger partial charge on any atom is 0.309 e. The molecule has 7 heteroatoms. The second kappa shape index (κ2) is 6.89. The molecule has 1 aliphatic heterocycles. The van der Waals surface area contributed by atoms with Crippen molar-refractivity contribution in [2.75, 3.05) is 14.2 Å². The molecule has 0 radical (unpaired) electrons. The first kappa shape index (κ1) is 22.1. The number of fused-ring (bicyclic) bond motifs is 3. The van der Waals surface area contributed by atoms with Crippen LogP contribution in [0.5, 0.6) is 0 Å². The highest BCUT2D eigenvalue weighted by Gasteiger charge is 2.82. The number of esters is 2. The normalized spacial score (nSPS) is 48.5. The second-order valence-corrected chi connectivity index (χ2v) is 11.1. The van der Waals surface area contributed by atoms with Gasteiger partial charge in [-0.2, -0.15) is 0 Å². The summed E-state index contributed by atoms with van der Waals surface area (Å²) in [6.45, 7) is 4.31. The van der Waals surface area contributed by atoms with Crippen LogP contribution in [0.2, 0.25) is 0 Å². The number of hydrogen-bond donors (Lipinski definition) is 1. The molecule has 0 aromatic carbocycles. The number of epoxide rings is 1. The minimum atomic E-state index is -1.01. The highest BCUT2D eigenvalue weighted by atomic mass is 16.6. The molecule has 8 atom stereocenters. The fraction of sp³-hybridized carbons (Fsp3) is 0.800. The number of rotatable bonds is 4. The number of carbonyl (C=O) groups is 3. The van der Waals surface area contributed by atoms with Crippen LogP contribution in [-0.4, -0.2) is 54.4 Å². The van der Waals surface area contributed by atoms with E-state index in [1.807, 2.05) is 0 Å². The van der Waals surface area contributed by atoms with E-state index in [0.29, 0.717) is 32.1 Å². The summed E-state index contributed by atoms with van der Waals surface area (Å²) in [5.74, 6) is -0.878. The average Bonchev–Trinajstić information content (AvgIpc) is 3.43. The number of aliphatic hydroxyl groups is 1. The minimum Gasteiger partial charge on any atom is -0.469 e. The monoisotopic (exact) mass is 446 g/mol. The van der Waals surface area contributed by atoms with E-state index in [4.69, 9.17) is 14.2 Å². The summed E-state index contributed by atoms with van der Waals surface area (Å²) in [6.07, 6.45) is 5.98. The van der Waals surface area contributed by atoms with E-state index in [1.54, 1.807) is 6.08 Å². The highest BCUT2D eigenvalue weighted by molar-refractivity contribution is 5.92. The highest BCUT2D eigenvalue weighted by Crippen LogP contribution is 2.77. The molecule has 3 unspecified atom stereocenters. The molecule has 0 bridgehead atoms. The van der Waals surface area contributed by atoms with E-state index >= 15 is 0 Å². The molecule has 1 spiro atoms. The van der Waals surface area contributed by atoms with Crippen LogP contribution in [0, 0.1) is 28.6 Å². The Morgan fingerprint density at radius 2 is 1.97 bits per heavy atom. The van der Waals surface area contributed by atoms with Crippen molar-refractivity contribution in [2.24, 2.45) is 28.6 Å². The third kappa shape index (κ3) is 2.58. The predicted octanol–water partition coefficient (Wildman–Crippen LogP) is 2.73. The van der Waals surface area contributed by atoms with E-state index in [-0.39, 0.29) is 47.5 Å². The molecule has 3 saturated carbocycles. The van der Waals surface area contributed by atoms with Gasteiger partial charge >= 0.3 is 11.9 Å². The van der Waals surface area contributed by atoms with Crippen LogP contribution >= 0.6 is 0 Å². The molecule has 1 heterocycles. The first-order valence-electron chi connectivity index (χ1n) is 11.8. The maximum absolute atomic E-state index is 13.0. The van der Waals surface area contributed by atoms with Crippen molar-refractivity contribution < 1.29 is 33.7 Å². The molecule has 0 amide bonds. The van der Waals surface area contributed by atoms with E-state index in [2.05, 4.69) is 13.8 Å². The zero-order valence-corrected chi connectivity index (χ0v) is 19.4. The quantitative estimate of drug-likeness (QED) is 0.523. The summed E-state index contributed by atoms with van der Waals surface area (Å²) in [7, 11) is 2.78. The lowest BCUT2D eigenvalue weighted by molar-refractivity contribution is -0.163. The number of ketones is 1. The summed E-state index contributed by atoms with van der Waals surface area (Å²) in [4.78, 5) is 37.1. The standard InChI is InChI=1S/C25H34O7/c1-22-8-5-15(26)11-14(22)12-16(21(28)31-4)20-17-6-9-24(29,10-7-19(27)30-3)23(17,2)13-18-25(20,22)32-18/h11,16-18,20,29H,5-10,12-13H2,1-4H3/t16?,17-,18?,20-,22-,23-,24-,25?/m0/s1. The van der Waals surface area contributed by atoms with Gasteiger partial charge in [-0.1, -0.05) is 19.4 Å². The predicted molar refractivity (Wildman–Crippen MR) is 113 cm³/mol. The number of hydrogen-bond acceptors (Lipinski definition) is 7. The lowest BCUT2D eigenvalue weighted by atomic mass is 9.43. The van der Waals surface area contributed by atoms with Crippen LogP contribution in [0.3, 0.4) is 0 Å². The number of carbonyl (C=O) groups excluding carboxylic acids is 3. The fourth-order valence-corrected chi connectivity index (χ4v) is 8.32. The lowest BCUT2D eigenvalue weighted by Crippen LogP contribution is -2.63. The van der Waals surface area contributed by atoms with Crippen LogP contribution in [0.1, 0.15) is 65.2 Å². The third-order valence-corrected chi connectivity index (χ3v) is 10.2. The van der Waals surface area contributed by atoms with Crippen molar-refractivity contribution in [3.05, 3.63) is 11.6 Å². The van der Waals surface area contributed by atoms with E-state index in [1.165, 1.54) is 14.2 Å². The Hall–Kier alpha value is -1.73. The van der Waals surface area contributed by atoms with Gasteiger partial charge in [-0.05, 0) is 50.5 Å². The Bertz CT molecular complexity index is 910. The Balaban J connectivity index is 1.56. The van der Waals surface area contributed by atoms with E-state index in [0.717, 1.165) is 18.4 Å². The van der Waals surface area contributed by atoms with Crippen LogP contribution in [0.4, 0.5) is 0 Å². The van der Waals surface area contributed by atoms with Gasteiger partial charge in [0.05, 0.1) is 31.8 Å². The van der Waals surface area contributed by atoms with Crippen molar-refractivity contribution in [1.82, 2.24) is 0 Å². The summed E-state index contributed by atoms with van der Waals surface area (Å²) in [5, 5.41) is 11.8. The van der Waals surface area contributed by atoms with Gasteiger partial charge in [0, 0.05) is 29.6 Å². The van der Waals surface area contributed by atoms with Crippen molar-refractivity contribution in [2.45, 2.75) is 82.5 Å². The lowest BCUT2D eigenvalue weighted by Gasteiger charge is -2.58. The molecule has 1 N–H and O–H groups in total. The molecule has 0 aromatic rings. The molecule has 176 valence electrons. The van der Waals surface area contributed by atoms with E-state index < -0.39 is 22.5 Å². The van der Waals surface area contributed by atoms with Crippen LogP contribution < -0.4 is 0 Å². The fourth-order valence-electron chi connectivity index (χ4n) is 8.32. The van der Waals surface area contributed by atoms with Crippen LogP contribution in [0.15, 0.2) is 11.6 Å². The summed E-state index contributed by atoms with van der Waals surface area (Å²) in [5.41, 5.74) is -1.23. The molecule has 4 aliphatic carbocycles. The molecular formula is C25H34O7. The van der Waals surface area contributed by atoms with Gasteiger partial charge in [0.1, 0.15) is 5.60 Å². The summed E-state index contributed by atoms with van der Waals surface area (Å²) < 4.78 is 16.6. The molecule has 1 saturated heterocycles. The Kier molecular flexibility index (Phi) is 4.75. The average molecular weight is 447 g/mol. The number of methoxy groups -OCH3 is 2. The van der Waals surface area contributed by atoms with Gasteiger partial charge < -0.3 is 19.3 Å². The first-order valence-corrected chi connectivity index (χ1v) is 11.8. The van der Waals surface area contributed by atoms with Crippen molar-refractivity contribution >= 4 is 17.7 Å². The van der Waals surface area contributed by atoms with Crippen molar-refractivity contribution in [1.29, 1.82) is 0 Å². The van der Waals surface area contributed by atoms with Gasteiger partial charge in [-0.25, -0.2) is 0 Å². The maximum atomic E-state index is 13.0. The molecule has 4 fully saturated rings. The van der Waals surface area contributed by atoms with Gasteiger partial charge in [-0.3, -0.25) is 14.4 Å². The Labute approximate surface area is 188 Å². The zero-order valence-electron chi connectivity index (χ0n) is 19.4. The molecule has 0 aromatic heterocycles. The molecule has 32 heavy (non-hydrogen) atoms. The summed E-state index contributed by atoms with van der Waals surface area (Å²) >= 11 is 0. The van der Waals surface area contributed by atoms with Gasteiger partial charge in [-0.15, -0.1) is 0 Å². The Morgan fingerprint density at radius 3 is 2.66 bits per heavy atom. The van der Waals surface area contributed by atoms with Gasteiger partial charge in [0.25, 0.3) is 0 Å².